The van der Waals surface area contributed by atoms with Crippen LogP contribution in [0.25, 0.3) is 0 Å². The molecule has 0 aliphatic carbocycles. The van der Waals surface area contributed by atoms with E-state index in [9.17, 15) is 5.11 Å². The average molecular weight is 277 g/mol. The Bertz CT molecular complexity index is 460. The average Bonchev–Trinajstić information content (AvgIpc) is 2.25. The second kappa shape index (κ2) is 5.91. The van der Waals surface area contributed by atoms with Crippen LogP contribution in [0, 0.1) is 5.92 Å². The molecule has 0 saturated heterocycles. The maximum atomic E-state index is 9.55. The molecule has 0 radical (unpaired) electrons. The molecule has 1 atom stereocenters. The smallest absolute Gasteiger partial charge is 0.0938 e. The Morgan fingerprint density at radius 3 is 2.32 bits per heavy atom. The molecule has 1 rings (SSSR count). The molecule has 1 unspecified atom stereocenters. The van der Waals surface area contributed by atoms with Crippen molar-refractivity contribution in [2.45, 2.75) is 52.8 Å². The highest BCUT2D eigenvalue weighted by Crippen LogP contribution is 2.21. The Balaban J connectivity index is 3.26. The summed E-state index contributed by atoms with van der Waals surface area (Å²) in [5.74, 6) is 0.711. The van der Waals surface area contributed by atoms with Crippen LogP contribution in [0.15, 0.2) is 24.6 Å². The van der Waals surface area contributed by atoms with Crippen LogP contribution in [0.2, 0.25) is 19.6 Å². The molecule has 0 bridgehead atoms. The normalized spacial score (nSPS) is 13.6. The lowest BCUT2D eigenvalue weighted by Crippen LogP contribution is -2.41. The van der Waals surface area contributed by atoms with Crippen molar-refractivity contribution in [3.8, 4) is 0 Å². The predicted molar refractivity (Wildman–Crippen MR) is 85.9 cm³/mol. The number of hydrogen-bond acceptors (Lipinski definition) is 2. The molecule has 0 aliphatic heterocycles. The third-order valence-corrected chi connectivity index (χ3v) is 5.46. The fourth-order valence-electron chi connectivity index (χ4n) is 2.21. The van der Waals surface area contributed by atoms with Crippen molar-refractivity contribution in [2.75, 3.05) is 0 Å². The zero-order valence-electron chi connectivity index (χ0n) is 13.1. The summed E-state index contributed by atoms with van der Waals surface area (Å²) in [7, 11) is -1.38. The number of nitrogens with zero attached hydrogens (tertiary/aromatic N) is 1. The molecule has 0 aromatic carbocycles. The minimum absolute atomic E-state index is 0.0957. The first-order valence-corrected chi connectivity index (χ1v) is 10.5. The zero-order chi connectivity index (χ0) is 14.8. The number of hydrogen-bond donors (Lipinski definition) is 1. The van der Waals surface area contributed by atoms with Gasteiger partial charge in [0, 0.05) is 6.20 Å². The van der Waals surface area contributed by atoms with Crippen LogP contribution in [0.4, 0.5) is 0 Å². The van der Waals surface area contributed by atoms with Gasteiger partial charge in [-0.15, -0.1) is 0 Å². The van der Waals surface area contributed by atoms with Crippen LogP contribution in [0.5, 0.6) is 0 Å². The summed E-state index contributed by atoms with van der Waals surface area (Å²) in [4.78, 5) is 4.55. The fraction of sp³-hybridized carbons (Fsp3) is 0.562. The topological polar surface area (TPSA) is 33.1 Å². The molecule has 1 heterocycles. The first-order valence-electron chi connectivity index (χ1n) is 7.00. The summed E-state index contributed by atoms with van der Waals surface area (Å²) in [6, 6.07) is 2.17. The van der Waals surface area contributed by atoms with Crippen molar-refractivity contribution < 1.29 is 5.11 Å². The fourth-order valence-corrected chi connectivity index (χ4v) is 3.80. The largest absolute Gasteiger partial charge is 0.512 e. The Morgan fingerprint density at radius 2 is 1.89 bits per heavy atom. The number of rotatable bonds is 5. The van der Waals surface area contributed by atoms with Crippen LogP contribution >= 0.6 is 0 Å². The highest BCUT2D eigenvalue weighted by atomic mass is 28.3. The molecule has 0 fully saturated rings. The van der Waals surface area contributed by atoms with Crippen molar-refractivity contribution >= 4 is 13.3 Å². The van der Waals surface area contributed by atoms with Gasteiger partial charge in [0.1, 0.15) is 0 Å². The lowest BCUT2D eigenvalue weighted by Gasteiger charge is -2.23. The standard InChI is InChI=1S/C16H27NOSi/c1-11(2)8-14-9-15(12(3)13(4)18)17-10-16(14)19(5,6)7/h9-12,18H,4,8H2,1-3,5-7H3. The van der Waals surface area contributed by atoms with Gasteiger partial charge in [-0.25, -0.2) is 0 Å². The predicted octanol–water partition coefficient (Wildman–Crippen LogP) is 4.00. The second-order valence-electron chi connectivity index (χ2n) is 6.83. The summed E-state index contributed by atoms with van der Waals surface area (Å²) in [6.07, 6.45) is 3.10. The van der Waals surface area contributed by atoms with E-state index in [0.29, 0.717) is 5.92 Å². The molecular formula is C16H27NOSi. The van der Waals surface area contributed by atoms with Crippen molar-refractivity contribution in [3.05, 3.63) is 35.9 Å². The number of aliphatic hydroxyl groups excluding tert-OH is 1. The van der Waals surface area contributed by atoms with Gasteiger partial charge >= 0.3 is 0 Å². The SMILES string of the molecule is C=C(O)C(C)c1cc(CC(C)C)c([Si](C)(C)C)cn1. The van der Waals surface area contributed by atoms with E-state index in [1.54, 1.807) is 0 Å². The van der Waals surface area contributed by atoms with Gasteiger partial charge in [0.2, 0.25) is 0 Å². The molecule has 0 saturated carbocycles. The van der Waals surface area contributed by atoms with Crippen LogP contribution in [0.1, 0.15) is 37.9 Å². The molecule has 0 amide bonds. The first kappa shape index (κ1) is 16.0. The molecule has 1 aromatic rings. The second-order valence-corrected chi connectivity index (χ2v) is 11.9. The van der Waals surface area contributed by atoms with E-state index in [2.05, 4.69) is 51.1 Å². The van der Waals surface area contributed by atoms with Gasteiger partial charge in [0.05, 0.1) is 25.4 Å². The molecule has 106 valence electrons. The van der Waals surface area contributed by atoms with E-state index < -0.39 is 8.07 Å². The zero-order valence-corrected chi connectivity index (χ0v) is 14.1. The molecule has 0 aliphatic rings. The molecule has 2 nitrogen and oxygen atoms in total. The van der Waals surface area contributed by atoms with E-state index >= 15 is 0 Å². The minimum Gasteiger partial charge on any atom is -0.512 e. The lowest BCUT2D eigenvalue weighted by molar-refractivity contribution is 0.375. The highest BCUT2D eigenvalue weighted by molar-refractivity contribution is 6.89. The van der Waals surface area contributed by atoms with E-state index in [1.165, 1.54) is 10.8 Å². The number of aromatic nitrogens is 1. The van der Waals surface area contributed by atoms with E-state index in [4.69, 9.17) is 0 Å². The third-order valence-electron chi connectivity index (χ3n) is 3.39. The van der Waals surface area contributed by atoms with Crippen molar-refractivity contribution in [2.24, 2.45) is 5.92 Å². The molecule has 3 heteroatoms. The Hall–Kier alpha value is -1.09. The molecular weight excluding hydrogens is 250 g/mol. The monoisotopic (exact) mass is 277 g/mol. The Labute approximate surface area is 118 Å². The number of allylic oxidation sites excluding steroid dienone is 1. The van der Waals surface area contributed by atoms with Crippen LogP contribution in [-0.2, 0) is 6.42 Å². The van der Waals surface area contributed by atoms with Gasteiger partial charge in [-0.2, -0.15) is 0 Å². The quantitative estimate of drug-likeness (QED) is 0.652. The van der Waals surface area contributed by atoms with Gasteiger partial charge < -0.3 is 5.11 Å². The van der Waals surface area contributed by atoms with Gasteiger partial charge in [0.15, 0.2) is 0 Å². The molecule has 1 aromatic heterocycles. The van der Waals surface area contributed by atoms with Crippen molar-refractivity contribution in [1.82, 2.24) is 4.98 Å². The lowest BCUT2D eigenvalue weighted by atomic mass is 9.99. The first-order chi connectivity index (χ1) is 8.62. The molecule has 1 N–H and O–H groups in total. The van der Waals surface area contributed by atoms with E-state index in [0.717, 1.165) is 12.1 Å². The van der Waals surface area contributed by atoms with Gasteiger partial charge in [-0.05, 0) is 36.1 Å². The summed E-state index contributed by atoms with van der Waals surface area (Å²) in [6.45, 7) is 17.1. The third kappa shape index (κ3) is 4.20. The number of pyridine rings is 1. The summed E-state index contributed by atoms with van der Waals surface area (Å²) in [5.41, 5.74) is 2.32. The van der Waals surface area contributed by atoms with Gasteiger partial charge in [-0.3, -0.25) is 4.98 Å². The Kier molecular flexibility index (Phi) is 4.96. The summed E-state index contributed by atoms with van der Waals surface area (Å²) >= 11 is 0. The van der Waals surface area contributed by atoms with Crippen LogP contribution < -0.4 is 5.19 Å². The van der Waals surface area contributed by atoms with Crippen molar-refractivity contribution in [3.63, 3.8) is 0 Å². The van der Waals surface area contributed by atoms with Crippen LogP contribution in [0.3, 0.4) is 0 Å². The van der Waals surface area contributed by atoms with Gasteiger partial charge in [-0.1, -0.05) is 40.1 Å². The van der Waals surface area contributed by atoms with Crippen LogP contribution in [-0.4, -0.2) is 18.2 Å². The molecule has 19 heavy (non-hydrogen) atoms. The number of aliphatic hydroxyl groups is 1. The Morgan fingerprint density at radius 1 is 1.32 bits per heavy atom. The highest BCUT2D eigenvalue weighted by Gasteiger charge is 2.22. The van der Waals surface area contributed by atoms with E-state index in [-0.39, 0.29) is 11.7 Å². The summed E-state index contributed by atoms with van der Waals surface area (Å²) < 4.78 is 0. The van der Waals surface area contributed by atoms with Crippen molar-refractivity contribution in [1.29, 1.82) is 0 Å². The van der Waals surface area contributed by atoms with E-state index in [1.807, 2.05) is 13.1 Å². The summed E-state index contributed by atoms with van der Waals surface area (Å²) in [5, 5.41) is 11.0. The maximum absolute atomic E-state index is 9.55. The minimum atomic E-state index is -1.38. The molecule has 0 spiro atoms. The van der Waals surface area contributed by atoms with Gasteiger partial charge in [0.25, 0.3) is 0 Å². The maximum Gasteiger partial charge on any atom is 0.0938 e.